The van der Waals surface area contributed by atoms with Crippen LogP contribution in [0, 0.1) is 0 Å². The summed E-state index contributed by atoms with van der Waals surface area (Å²) < 4.78 is 12.1. The molecule has 2 aromatic heterocycles. The molecule has 2 aliphatic heterocycles. The monoisotopic (exact) mass is 354 g/mol. The topological polar surface area (TPSA) is 77.4 Å². The molecule has 0 radical (unpaired) electrons. The maximum atomic E-state index is 12.5. The van der Waals surface area contributed by atoms with Crippen molar-refractivity contribution in [3.05, 3.63) is 54.4 Å². The second-order valence-corrected chi connectivity index (χ2v) is 6.84. The fourth-order valence-electron chi connectivity index (χ4n) is 3.63. The summed E-state index contributed by atoms with van der Waals surface area (Å²) in [5.41, 5.74) is 1.15. The second kappa shape index (κ2) is 7.47. The van der Waals surface area contributed by atoms with Crippen LogP contribution in [-0.2, 0) is 16.1 Å². The van der Waals surface area contributed by atoms with Crippen LogP contribution >= 0.6 is 0 Å². The van der Waals surface area contributed by atoms with Crippen molar-refractivity contribution in [3.63, 3.8) is 0 Å². The van der Waals surface area contributed by atoms with Gasteiger partial charge < -0.3 is 14.4 Å². The molecule has 1 amide bonds. The van der Waals surface area contributed by atoms with Gasteiger partial charge in [0.15, 0.2) is 0 Å². The summed E-state index contributed by atoms with van der Waals surface area (Å²) in [7, 11) is 0. The van der Waals surface area contributed by atoms with Gasteiger partial charge in [0.1, 0.15) is 5.69 Å². The molecular formula is C19H22N4O3. The minimum Gasteiger partial charge on any atom is -0.372 e. The predicted octanol–water partition coefficient (Wildman–Crippen LogP) is 1.85. The molecule has 0 aliphatic carbocycles. The minimum absolute atomic E-state index is 0.0612. The summed E-state index contributed by atoms with van der Waals surface area (Å²) in [4.78, 5) is 26.7. The molecule has 136 valence electrons. The van der Waals surface area contributed by atoms with Gasteiger partial charge in [-0.1, -0.05) is 6.07 Å². The Morgan fingerprint density at radius 3 is 2.85 bits per heavy atom. The molecule has 2 fully saturated rings. The number of piperidine rings is 1. The molecule has 7 heteroatoms. The summed E-state index contributed by atoms with van der Waals surface area (Å²) in [6.07, 6.45) is 8.99. The van der Waals surface area contributed by atoms with Crippen LogP contribution in [0.4, 0.5) is 0 Å². The first-order valence-electron chi connectivity index (χ1n) is 8.95. The standard InChI is InChI=1S/C19H22N4O3/c24-18(17-12-20-7-8-22-17)23-9-4-19(5-10-23)11-16(14-26-19)25-13-15-3-1-2-6-21-15/h1-3,6-8,12,16H,4-5,9-11,13-14H2. The van der Waals surface area contributed by atoms with E-state index in [1.54, 1.807) is 18.6 Å². The van der Waals surface area contributed by atoms with E-state index in [-0.39, 0.29) is 17.6 Å². The van der Waals surface area contributed by atoms with Crippen molar-refractivity contribution in [2.45, 2.75) is 37.6 Å². The lowest BCUT2D eigenvalue weighted by Gasteiger charge is -2.38. The van der Waals surface area contributed by atoms with Gasteiger partial charge in [0.2, 0.25) is 0 Å². The molecule has 0 bridgehead atoms. The third-order valence-corrected chi connectivity index (χ3v) is 5.11. The van der Waals surface area contributed by atoms with E-state index in [0.717, 1.165) is 25.0 Å². The lowest BCUT2D eigenvalue weighted by atomic mass is 9.88. The highest BCUT2D eigenvalue weighted by molar-refractivity contribution is 5.92. The molecule has 2 aromatic rings. The highest BCUT2D eigenvalue weighted by Gasteiger charge is 2.44. The van der Waals surface area contributed by atoms with Crippen LogP contribution in [0.5, 0.6) is 0 Å². The lowest BCUT2D eigenvalue weighted by Crippen LogP contribution is -2.46. The van der Waals surface area contributed by atoms with E-state index < -0.39 is 0 Å². The molecule has 1 atom stereocenters. The van der Waals surface area contributed by atoms with Gasteiger partial charge in [0.25, 0.3) is 5.91 Å². The lowest BCUT2D eigenvalue weighted by molar-refractivity contribution is -0.0413. The molecule has 1 unspecified atom stereocenters. The third kappa shape index (κ3) is 3.73. The zero-order valence-corrected chi connectivity index (χ0v) is 14.6. The number of likely N-dealkylation sites (tertiary alicyclic amines) is 1. The Hall–Kier alpha value is -2.38. The van der Waals surface area contributed by atoms with Crippen LogP contribution in [-0.4, -0.2) is 57.2 Å². The largest absolute Gasteiger partial charge is 0.372 e. The SMILES string of the molecule is O=C(c1cnccn1)N1CCC2(CC1)CC(OCc1ccccn1)CO2. The first-order chi connectivity index (χ1) is 12.7. The maximum Gasteiger partial charge on any atom is 0.274 e. The molecule has 0 saturated carbocycles. The molecule has 1 spiro atoms. The van der Waals surface area contributed by atoms with E-state index >= 15 is 0 Å². The van der Waals surface area contributed by atoms with Gasteiger partial charge in [-0.2, -0.15) is 0 Å². The molecule has 2 aliphatic rings. The van der Waals surface area contributed by atoms with E-state index in [1.807, 2.05) is 23.1 Å². The number of carbonyl (C=O) groups is 1. The number of ether oxygens (including phenoxy) is 2. The number of carbonyl (C=O) groups excluding carboxylic acids is 1. The van der Waals surface area contributed by atoms with Crippen LogP contribution < -0.4 is 0 Å². The number of hydrogen-bond donors (Lipinski definition) is 0. The van der Waals surface area contributed by atoms with Crippen LogP contribution in [0.3, 0.4) is 0 Å². The number of amides is 1. The molecular weight excluding hydrogens is 332 g/mol. The first kappa shape index (κ1) is 17.1. The van der Waals surface area contributed by atoms with E-state index in [0.29, 0.717) is 32.0 Å². The Bertz CT molecular complexity index is 733. The molecule has 0 N–H and O–H groups in total. The summed E-state index contributed by atoms with van der Waals surface area (Å²) in [5.74, 6) is -0.0612. The zero-order chi connectivity index (χ0) is 17.8. The van der Waals surface area contributed by atoms with Crippen molar-refractivity contribution in [3.8, 4) is 0 Å². The first-order valence-corrected chi connectivity index (χ1v) is 8.95. The van der Waals surface area contributed by atoms with Crippen LogP contribution in [0.25, 0.3) is 0 Å². The molecule has 26 heavy (non-hydrogen) atoms. The molecule has 4 rings (SSSR count). The Kier molecular flexibility index (Phi) is 4.90. The quantitative estimate of drug-likeness (QED) is 0.834. The third-order valence-electron chi connectivity index (χ3n) is 5.11. The maximum absolute atomic E-state index is 12.5. The summed E-state index contributed by atoms with van der Waals surface area (Å²) >= 11 is 0. The number of aromatic nitrogens is 3. The van der Waals surface area contributed by atoms with Crippen molar-refractivity contribution >= 4 is 5.91 Å². The van der Waals surface area contributed by atoms with E-state index in [1.165, 1.54) is 6.20 Å². The predicted molar refractivity (Wildman–Crippen MR) is 93.3 cm³/mol. The van der Waals surface area contributed by atoms with Gasteiger partial charge >= 0.3 is 0 Å². The molecule has 0 aromatic carbocycles. The van der Waals surface area contributed by atoms with Crippen LogP contribution in [0.15, 0.2) is 43.0 Å². The van der Waals surface area contributed by atoms with E-state index in [9.17, 15) is 4.79 Å². The number of pyridine rings is 1. The van der Waals surface area contributed by atoms with Gasteiger partial charge in [-0.15, -0.1) is 0 Å². The molecule has 4 heterocycles. The second-order valence-electron chi connectivity index (χ2n) is 6.84. The summed E-state index contributed by atoms with van der Waals surface area (Å²) in [5, 5.41) is 0. The van der Waals surface area contributed by atoms with Gasteiger partial charge in [-0.3, -0.25) is 14.8 Å². The van der Waals surface area contributed by atoms with Crippen LogP contribution in [0.1, 0.15) is 35.4 Å². The summed E-state index contributed by atoms with van der Waals surface area (Å²) in [6.45, 7) is 2.44. The average molecular weight is 354 g/mol. The summed E-state index contributed by atoms with van der Waals surface area (Å²) in [6, 6.07) is 5.82. The molecule has 7 nitrogen and oxygen atoms in total. The average Bonchev–Trinajstić information content (AvgIpc) is 3.10. The zero-order valence-electron chi connectivity index (χ0n) is 14.6. The fourth-order valence-corrected chi connectivity index (χ4v) is 3.63. The highest BCUT2D eigenvalue weighted by atomic mass is 16.6. The van der Waals surface area contributed by atoms with Crippen molar-refractivity contribution in [2.75, 3.05) is 19.7 Å². The normalized spacial score (nSPS) is 21.8. The minimum atomic E-state index is -0.173. The van der Waals surface area contributed by atoms with Crippen LogP contribution in [0.2, 0.25) is 0 Å². The number of hydrogen-bond acceptors (Lipinski definition) is 6. The Morgan fingerprint density at radius 1 is 1.23 bits per heavy atom. The van der Waals surface area contributed by atoms with Crippen molar-refractivity contribution < 1.29 is 14.3 Å². The van der Waals surface area contributed by atoms with Crippen molar-refractivity contribution in [1.29, 1.82) is 0 Å². The van der Waals surface area contributed by atoms with Gasteiger partial charge in [0, 0.05) is 38.1 Å². The number of rotatable bonds is 4. The Balaban J connectivity index is 1.28. The van der Waals surface area contributed by atoms with Crippen molar-refractivity contribution in [1.82, 2.24) is 19.9 Å². The Labute approximate surface area is 152 Å². The highest BCUT2D eigenvalue weighted by Crippen LogP contribution is 2.37. The van der Waals surface area contributed by atoms with Gasteiger partial charge in [-0.05, 0) is 25.0 Å². The van der Waals surface area contributed by atoms with E-state index in [4.69, 9.17) is 9.47 Å². The molecule has 2 saturated heterocycles. The van der Waals surface area contributed by atoms with Crippen molar-refractivity contribution in [2.24, 2.45) is 0 Å². The van der Waals surface area contributed by atoms with Gasteiger partial charge in [0.05, 0.1) is 36.8 Å². The van der Waals surface area contributed by atoms with E-state index in [2.05, 4.69) is 15.0 Å². The van der Waals surface area contributed by atoms with Gasteiger partial charge in [-0.25, -0.2) is 4.98 Å². The fraction of sp³-hybridized carbons (Fsp3) is 0.474. The number of nitrogens with zero attached hydrogens (tertiary/aromatic N) is 4. The smallest absolute Gasteiger partial charge is 0.274 e. The Morgan fingerprint density at radius 2 is 2.12 bits per heavy atom.